The Bertz CT molecular complexity index is 202. The first kappa shape index (κ1) is 11.3. The van der Waals surface area contributed by atoms with E-state index in [1.165, 1.54) is 12.8 Å². The molecule has 1 saturated heterocycles. The standard InChI is InChI=1S/C10H22N4/c1-4-9-7-6-8(3)14(9)10(13-11)12-5-2/h8-9H,4-7,11H2,1-3H3,(H,12,13). The van der Waals surface area contributed by atoms with Crippen molar-refractivity contribution in [2.45, 2.75) is 52.1 Å². The van der Waals surface area contributed by atoms with Gasteiger partial charge in [-0.3, -0.25) is 10.4 Å². The van der Waals surface area contributed by atoms with E-state index in [0.717, 1.165) is 18.9 Å². The van der Waals surface area contributed by atoms with E-state index in [0.29, 0.717) is 12.1 Å². The van der Waals surface area contributed by atoms with Crippen molar-refractivity contribution >= 4 is 5.96 Å². The van der Waals surface area contributed by atoms with E-state index in [1.54, 1.807) is 0 Å². The molecule has 0 aliphatic carbocycles. The van der Waals surface area contributed by atoms with Gasteiger partial charge in [0, 0.05) is 18.6 Å². The predicted octanol–water partition coefficient (Wildman–Crippen LogP) is 1.09. The fourth-order valence-corrected chi connectivity index (χ4v) is 2.21. The second kappa shape index (κ2) is 5.20. The van der Waals surface area contributed by atoms with Gasteiger partial charge < -0.3 is 4.90 Å². The van der Waals surface area contributed by atoms with Crippen LogP contribution < -0.4 is 11.3 Å². The highest BCUT2D eigenvalue weighted by atomic mass is 15.4. The first-order chi connectivity index (χ1) is 6.74. The van der Waals surface area contributed by atoms with Gasteiger partial charge in [0.1, 0.15) is 0 Å². The third-order valence-electron chi connectivity index (χ3n) is 2.94. The van der Waals surface area contributed by atoms with Crippen LogP contribution in [0.3, 0.4) is 0 Å². The normalized spacial score (nSPS) is 28.3. The molecule has 4 heteroatoms. The molecule has 0 radical (unpaired) electrons. The van der Waals surface area contributed by atoms with Gasteiger partial charge >= 0.3 is 0 Å². The predicted molar refractivity (Wildman–Crippen MR) is 59.9 cm³/mol. The van der Waals surface area contributed by atoms with Crippen molar-refractivity contribution in [3.05, 3.63) is 0 Å². The lowest BCUT2D eigenvalue weighted by atomic mass is 10.2. The minimum atomic E-state index is 0.557. The zero-order chi connectivity index (χ0) is 10.6. The van der Waals surface area contributed by atoms with Gasteiger partial charge in [0.05, 0.1) is 0 Å². The molecule has 0 amide bonds. The van der Waals surface area contributed by atoms with E-state index in [2.05, 4.69) is 29.2 Å². The Morgan fingerprint density at radius 3 is 2.71 bits per heavy atom. The van der Waals surface area contributed by atoms with E-state index in [1.807, 2.05) is 6.92 Å². The van der Waals surface area contributed by atoms with Crippen molar-refractivity contribution in [3.63, 3.8) is 0 Å². The van der Waals surface area contributed by atoms with Crippen LogP contribution in [-0.4, -0.2) is 29.5 Å². The first-order valence-electron chi connectivity index (χ1n) is 5.53. The van der Waals surface area contributed by atoms with Crippen LogP contribution in [-0.2, 0) is 0 Å². The van der Waals surface area contributed by atoms with Gasteiger partial charge in [-0.15, -0.1) is 0 Å². The molecule has 0 saturated carbocycles. The van der Waals surface area contributed by atoms with Crippen LogP contribution in [0.5, 0.6) is 0 Å². The Balaban J connectivity index is 2.75. The van der Waals surface area contributed by atoms with E-state index in [4.69, 9.17) is 5.84 Å². The number of likely N-dealkylation sites (tertiary alicyclic amines) is 1. The zero-order valence-electron chi connectivity index (χ0n) is 9.45. The van der Waals surface area contributed by atoms with Crippen molar-refractivity contribution in [1.82, 2.24) is 10.3 Å². The van der Waals surface area contributed by atoms with Crippen LogP contribution in [0.15, 0.2) is 4.99 Å². The molecule has 0 aromatic heterocycles. The molecular formula is C10H22N4. The lowest BCUT2D eigenvalue weighted by Crippen LogP contribution is -2.49. The Hall–Kier alpha value is -0.770. The topological polar surface area (TPSA) is 53.6 Å². The maximum absolute atomic E-state index is 5.50. The summed E-state index contributed by atoms with van der Waals surface area (Å²) in [7, 11) is 0. The van der Waals surface area contributed by atoms with Gasteiger partial charge in [-0.05, 0) is 33.1 Å². The van der Waals surface area contributed by atoms with Crippen molar-refractivity contribution in [2.24, 2.45) is 10.8 Å². The third-order valence-corrected chi connectivity index (χ3v) is 2.94. The molecule has 3 N–H and O–H groups in total. The monoisotopic (exact) mass is 198 g/mol. The van der Waals surface area contributed by atoms with E-state index >= 15 is 0 Å². The van der Waals surface area contributed by atoms with Crippen molar-refractivity contribution < 1.29 is 0 Å². The van der Waals surface area contributed by atoms with Gasteiger partial charge in [-0.1, -0.05) is 6.92 Å². The number of hydrogen-bond donors (Lipinski definition) is 2. The molecule has 14 heavy (non-hydrogen) atoms. The highest BCUT2D eigenvalue weighted by Gasteiger charge is 2.31. The summed E-state index contributed by atoms with van der Waals surface area (Å²) in [6.45, 7) is 7.26. The number of nitrogens with one attached hydrogen (secondary N) is 1. The number of hydrazine groups is 1. The van der Waals surface area contributed by atoms with Gasteiger partial charge in [-0.2, -0.15) is 0 Å². The fraction of sp³-hybridized carbons (Fsp3) is 0.900. The van der Waals surface area contributed by atoms with Crippen LogP contribution in [0, 0.1) is 0 Å². The Labute approximate surface area is 86.5 Å². The minimum Gasteiger partial charge on any atom is -0.336 e. The number of aliphatic imine (C=N–C) groups is 1. The third kappa shape index (κ3) is 2.18. The average Bonchev–Trinajstić information content (AvgIpc) is 2.56. The molecule has 0 bridgehead atoms. The molecule has 2 atom stereocenters. The smallest absolute Gasteiger partial charge is 0.208 e. The Kier molecular flexibility index (Phi) is 4.20. The quantitative estimate of drug-likeness (QED) is 0.302. The maximum Gasteiger partial charge on any atom is 0.208 e. The maximum atomic E-state index is 5.50. The van der Waals surface area contributed by atoms with E-state index < -0.39 is 0 Å². The molecular weight excluding hydrogens is 176 g/mol. The van der Waals surface area contributed by atoms with Gasteiger partial charge in [0.15, 0.2) is 0 Å². The van der Waals surface area contributed by atoms with Crippen LogP contribution in [0.1, 0.15) is 40.0 Å². The summed E-state index contributed by atoms with van der Waals surface area (Å²) in [5.74, 6) is 6.35. The van der Waals surface area contributed by atoms with Crippen molar-refractivity contribution in [1.29, 1.82) is 0 Å². The highest BCUT2D eigenvalue weighted by Crippen LogP contribution is 2.25. The summed E-state index contributed by atoms with van der Waals surface area (Å²) in [6, 6.07) is 1.16. The lowest BCUT2D eigenvalue weighted by molar-refractivity contribution is 0.309. The number of rotatable bonds is 2. The van der Waals surface area contributed by atoms with E-state index in [9.17, 15) is 0 Å². The number of hydrogen-bond acceptors (Lipinski definition) is 2. The molecule has 2 unspecified atom stereocenters. The van der Waals surface area contributed by atoms with Crippen molar-refractivity contribution in [2.75, 3.05) is 6.54 Å². The van der Waals surface area contributed by atoms with E-state index in [-0.39, 0.29) is 0 Å². The second-order valence-corrected chi connectivity index (χ2v) is 3.84. The number of guanidine groups is 1. The summed E-state index contributed by atoms with van der Waals surface area (Å²) in [5, 5.41) is 0. The first-order valence-corrected chi connectivity index (χ1v) is 5.53. The molecule has 82 valence electrons. The molecule has 1 aliphatic heterocycles. The van der Waals surface area contributed by atoms with Crippen LogP contribution in [0.4, 0.5) is 0 Å². The van der Waals surface area contributed by atoms with Gasteiger partial charge in [-0.25, -0.2) is 5.84 Å². The van der Waals surface area contributed by atoms with Crippen LogP contribution in [0.2, 0.25) is 0 Å². The van der Waals surface area contributed by atoms with Crippen LogP contribution in [0.25, 0.3) is 0 Å². The number of nitrogens with zero attached hydrogens (tertiary/aromatic N) is 2. The molecule has 0 aromatic rings. The average molecular weight is 198 g/mol. The second-order valence-electron chi connectivity index (χ2n) is 3.84. The molecule has 1 fully saturated rings. The van der Waals surface area contributed by atoms with Crippen molar-refractivity contribution in [3.8, 4) is 0 Å². The fourth-order valence-electron chi connectivity index (χ4n) is 2.21. The highest BCUT2D eigenvalue weighted by molar-refractivity contribution is 5.80. The molecule has 0 spiro atoms. The lowest BCUT2D eigenvalue weighted by Gasteiger charge is -2.30. The zero-order valence-corrected chi connectivity index (χ0v) is 9.45. The molecule has 4 nitrogen and oxygen atoms in total. The summed E-state index contributed by atoms with van der Waals surface area (Å²) in [4.78, 5) is 6.70. The van der Waals surface area contributed by atoms with Gasteiger partial charge in [0.25, 0.3) is 0 Å². The summed E-state index contributed by atoms with van der Waals surface area (Å²) in [5.41, 5.74) is 2.72. The molecule has 1 aliphatic rings. The van der Waals surface area contributed by atoms with Gasteiger partial charge in [0.2, 0.25) is 5.96 Å². The largest absolute Gasteiger partial charge is 0.336 e. The minimum absolute atomic E-state index is 0.557. The molecule has 1 rings (SSSR count). The summed E-state index contributed by atoms with van der Waals surface area (Å²) >= 11 is 0. The molecule has 1 heterocycles. The number of nitrogens with two attached hydrogens (primary N) is 1. The summed E-state index contributed by atoms with van der Waals surface area (Å²) in [6.07, 6.45) is 3.65. The molecule has 0 aromatic carbocycles. The SMILES string of the molecule is CCN=C(NN)N1C(C)CCC1CC. The Morgan fingerprint density at radius 1 is 1.50 bits per heavy atom. The summed E-state index contributed by atoms with van der Waals surface area (Å²) < 4.78 is 0. The van der Waals surface area contributed by atoms with Crippen LogP contribution >= 0.6 is 0 Å². The Morgan fingerprint density at radius 2 is 2.21 bits per heavy atom.